The van der Waals surface area contributed by atoms with E-state index in [2.05, 4.69) is 27.2 Å². The van der Waals surface area contributed by atoms with E-state index >= 15 is 0 Å². The maximum Gasteiger partial charge on any atom is 0.325 e. The number of esters is 1. The number of nitrogens with one attached hydrogen (secondary N) is 1. The zero-order valence-electron chi connectivity index (χ0n) is 15.4. The van der Waals surface area contributed by atoms with Crippen LogP contribution in [-0.4, -0.2) is 72.1 Å². The van der Waals surface area contributed by atoms with Crippen LogP contribution in [0.25, 0.3) is 0 Å². The van der Waals surface area contributed by atoms with E-state index in [9.17, 15) is 4.79 Å². The van der Waals surface area contributed by atoms with Gasteiger partial charge in [-0.3, -0.25) is 14.7 Å². The van der Waals surface area contributed by atoms with Crippen LogP contribution in [0.4, 0.5) is 11.4 Å². The van der Waals surface area contributed by atoms with Gasteiger partial charge in [0.25, 0.3) is 0 Å². The molecule has 6 nitrogen and oxygen atoms in total. The van der Waals surface area contributed by atoms with E-state index < -0.39 is 4.75 Å². The van der Waals surface area contributed by atoms with Crippen molar-refractivity contribution in [3.63, 3.8) is 0 Å². The number of ether oxygens (including phenoxy) is 1. The Hall–Kier alpha value is -1.54. The number of halogens is 1. The molecule has 0 aromatic heterocycles. The Morgan fingerprint density at radius 1 is 1.37 bits per heavy atom. The fourth-order valence-electron chi connectivity index (χ4n) is 3.90. The molecule has 1 aromatic rings. The number of nitrogens with zero attached hydrogens (tertiary/aromatic N) is 3. The molecule has 4 rings (SSSR count). The van der Waals surface area contributed by atoms with Crippen LogP contribution in [0.5, 0.6) is 0 Å². The number of anilines is 1. The molecule has 27 heavy (non-hydrogen) atoms. The van der Waals surface area contributed by atoms with Crippen LogP contribution in [0, 0.1) is 0 Å². The molecule has 0 aliphatic carbocycles. The summed E-state index contributed by atoms with van der Waals surface area (Å²) in [6.07, 6.45) is 1.91. The van der Waals surface area contributed by atoms with Gasteiger partial charge < -0.3 is 15.0 Å². The number of para-hydroxylation sites is 2. The second kappa shape index (κ2) is 7.47. The van der Waals surface area contributed by atoms with Gasteiger partial charge in [-0.15, -0.1) is 0 Å². The fourth-order valence-corrected chi connectivity index (χ4v) is 5.40. The molecule has 0 spiro atoms. The number of likely N-dealkylation sites (N-methyl/N-ethyl adjacent to an activating group) is 1. The Bertz CT molecular complexity index is 807. The molecule has 3 aliphatic heterocycles. The van der Waals surface area contributed by atoms with Gasteiger partial charge in [-0.1, -0.05) is 35.5 Å². The van der Waals surface area contributed by atoms with Crippen LogP contribution < -0.4 is 5.32 Å². The topological polar surface area (TPSA) is 57.2 Å². The molecule has 3 aliphatic rings. The number of rotatable bonds is 3. The van der Waals surface area contributed by atoms with Crippen LogP contribution in [-0.2, 0) is 9.53 Å². The highest BCUT2D eigenvalue weighted by molar-refractivity contribution is 8.05. The van der Waals surface area contributed by atoms with Crippen LogP contribution >= 0.6 is 23.4 Å². The fraction of sp³-hybridized carbons (Fsp3) is 0.474. The minimum absolute atomic E-state index is 0.118. The predicted octanol–water partition coefficient (Wildman–Crippen LogP) is 2.89. The van der Waals surface area contributed by atoms with Gasteiger partial charge in [-0.05, 0) is 26.1 Å². The number of benzene rings is 1. The highest BCUT2D eigenvalue weighted by Gasteiger charge is 2.54. The first-order valence-electron chi connectivity index (χ1n) is 9.02. The molecule has 0 radical (unpaired) electrons. The minimum atomic E-state index is -0.777. The first-order chi connectivity index (χ1) is 13.0. The molecular weight excluding hydrogens is 384 g/mol. The molecule has 1 N–H and O–H groups in total. The Kier molecular flexibility index (Phi) is 5.20. The number of alkyl halides is 1. The highest BCUT2D eigenvalue weighted by atomic mass is 35.5. The number of carbonyl (C=O) groups excluding carboxylic acids is 1. The number of hydrogen-bond donors (Lipinski definition) is 1. The van der Waals surface area contributed by atoms with Crippen molar-refractivity contribution in [1.29, 1.82) is 0 Å². The molecule has 0 saturated carbocycles. The smallest absolute Gasteiger partial charge is 0.325 e. The summed E-state index contributed by atoms with van der Waals surface area (Å²) in [5.74, 6) is -0.289. The standard InChI is InChI=1S/C19H23ClN4O2S/c1-19(18(25)26-12-20)16(24-9-7-23(2)8-10-24)13-11-21-14-5-3-4-6-15(14)22-17(13)27-19/h3-6,11,16,22H,7-10,12H2,1-2H3. The van der Waals surface area contributed by atoms with Crippen LogP contribution in [0.15, 0.2) is 39.9 Å². The van der Waals surface area contributed by atoms with Gasteiger partial charge in [0.15, 0.2) is 6.07 Å². The number of thioether (sulfide) groups is 1. The molecule has 8 heteroatoms. The number of fused-ring (bicyclic) bond motifs is 1. The van der Waals surface area contributed by atoms with Gasteiger partial charge in [-0.25, -0.2) is 0 Å². The Morgan fingerprint density at radius 2 is 2.11 bits per heavy atom. The SMILES string of the molecule is CN1CCN(C2C3=C(Nc4ccccc4N=C3)SC2(C)C(=O)OCCl)CC1. The molecule has 2 unspecified atom stereocenters. The summed E-state index contributed by atoms with van der Waals surface area (Å²) in [4.78, 5) is 22.3. The predicted molar refractivity (Wildman–Crippen MR) is 111 cm³/mol. The zero-order valence-corrected chi connectivity index (χ0v) is 17.0. The average molecular weight is 407 g/mol. The Balaban J connectivity index is 1.72. The molecule has 0 bridgehead atoms. The lowest BCUT2D eigenvalue weighted by Crippen LogP contribution is -2.58. The molecule has 144 valence electrons. The van der Waals surface area contributed by atoms with Crippen molar-refractivity contribution >= 4 is 46.9 Å². The third-order valence-electron chi connectivity index (χ3n) is 5.38. The molecule has 0 amide bonds. The summed E-state index contributed by atoms with van der Waals surface area (Å²) >= 11 is 7.22. The van der Waals surface area contributed by atoms with Crippen molar-refractivity contribution in [2.45, 2.75) is 17.7 Å². The summed E-state index contributed by atoms with van der Waals surface area (Å²) in [6, 6.07) is 7.68. The van der Waals surface area contributed by atoms with Gasteiger partial charge in [0.1, 0.15) is 4.75 Å². The van der Waals surface area contributed by atoms with E-state index in [1.54, 1.807) is 0 Å². The molecule has 1 saturated heterocycles. The van der Waals surface area contributed by atoms with Crippen LogP contribution in [0.2, 0.25) is 0 Å². The van der Waals surface area contributed by atoms with Crippen LogP contribution in [0.1, 0.15) is 6.92 Å². The van der Waals surface area contributed by atoms with E-state index in [4.69, 9.17) is 16.3 Å². The maximum atomic E-state index is 12.9. The Labute approximate surface area is 168 Å². The van der Waals surface area contributed by atoms with Crippen molar-refractivity contribution in [3.8, 4) is 0 Å². The summed E-state index contributed by atoms with van der Waals surface area (Å²) in [5, 5.41) is 4.45. The van der Waals surface area contributed by atoms with Crippen molar-refractivity contribution in [2.75, 3.05) is 44.6 Å². The second-order valence-electron chi connectivity index (χ2n) is 7.18. The maximum absolute atomic E-state index is 12.9. The molecule has 1 fully saturated rings. The van der Waals surface area contributed by atoms with E-state index in [1.165, 1.54) is 11.8 Å². The first-order valence-corrected chi connectivity index (χ1v) is 10.4. The zero-order chi connectivity index (χ0) is 19.0. The van der Waals surface area contributed by atoms with Crippen molar-refractivity contribution in [1.82, 2.24) is 9.80 Å². The largest absolute Gasteiger partial charge is 0.448 e. The van der Waals surface area contributed by atoms with Crippen molar-refractivity contribution in [2.24, 2.45) is 4.99 Å². The van der Waals surface area contributed by atoms with Crippen LogP contribution in [0.3, 0.4) is 0 Å². The van der Waals surface area contributed by atoms with Gasteiger partial charge >= 0.3 is 5.97 Å². The van der Waals surface area contributed by atoms with Gasteiger partial charge in [-0.2, -0.15) is 0 Å². The van der Waals surface area contributed by atoms with E-state index in [-0.39, 0.29) is 18.1 Å². The quantitative estimate of drug-likeness (QED) is 0.615. The minimum Gasteiger partial charge on any atom is -0.448 e. The molecule has 2 atom stereocenters. The average Bonchev–Trinajstić information content (AvgIpc) is 2.83. The van der Waals surface area contributed by atoms with Crippen molar-refractivity contribution < 1.29 is 9.53 Å². The third-order valence-corrected chi connectivity index (χ3v) is 6.85. The number of aliphatic imine (C=N–C) groups is 1. The summed E-state index contributed by atoms with van der Waals surface area (Å²) in [5.41, 5.74) is 2.88. The van der Waals surface area contributed by atoms with E-state index in [1.807, 2.05) is 37.4 Å². The van der Waals surface area contributed by atoms with E-state index in [0.29, 0.717) is 0 Å². The lowest BCUT2D eigenvalue weighted by molar-refractivity contribution is -0.145. The Morgan fingerprint density at radius 3 is 2.85 bits per heavy atom. The van der Waals surface area contributed by atoms with Gasteiger partial charge in [0, 0.05) is 38.0 Å². The van der Waals surface area contributed by atoms with Gasteiger partial charge in [0.2, 0.25) is 0 Å². The summed E-state index contributed by atoms with van der Waals surface area (Å²) < 4.78 is 4.47. The number of carbonyl (C=O) groups is 1. The first kappa shape index (κ1) is 18.8. The number of piperazine rings is 1. The normalized spacial score (nSPS) is 28.3. The van der Waals surface area contributed by atoms with Gasteiger partial charge in [0.05, 0.1) is 22.4 Å². The molecular formula is C19H23ClN4O2S. The van der Waals surface area contributed by atoms with E-state index in [0.717, 1.165) is 48.2 Å². The monoisotopic (exact) mass is 406 g/mol. The molecule has 3 heterocycles. The summed E-state index contributed by atoms with van der Waals surface area (Å²) in [6.45, 7) is 5.67. The summed E-state index contributed by atoms with van der Waals surface area (Å²) in [7, 11) is 2.12. The number of hydrogen-bond acceptors (Lipinski definition) is 7. The lowest BCUT2D eigenvalue weighted by atomic mass is 9.92. The third kappa shape index (κ3) is 3.38. The van der Waals surface area contributed by atoms with Crippen molar-refractivity contribution in [3.05, 3.63) is 34.9 Å². The molecule has 1 aromatic carbocycles. The lowest BCUT2D eigenvalue weighted by Gasteiger charge is -2.42. The second-order valence-corrected chi connectivity index (χ2v) is 8.86. The highest BCUT2D eigenvalue weighted by Crippen LogP contribution is 2.50.